The SMILES string of the molecule is CCCCC(CNC)Cc1cccc(F)c1. The number of rotatable bonds is 7. The van der Waals surface area contributed by atoms with Gasteiger partial charge in [-0.2, -0.15) is 0 Å². The highest BCUT2D eigenvalue weighted by Gasteiger charge is 2.08. The molecule has 90 valence electrons. The van der Waals surface area contributed by atoms with Crippen LogP contribution in [0.2, 0.25) is 0 Å². The normalized spacial score (nSPS) is 12.7. The maximum atomic E-state index is 13.0. The van der Waals surface area contributed by atoms with E-state index in [1.165, 1.54) is 25.3 Å². The topological polar surface area (TPSA) is 12.0 Å². The van der Waals surface area contributed by atoms with Crippen LogP contribution in [0.5, 0.6) is 0 Å². The van der Waals surface area contributed by atoms with Gasteiger partial charge in [-0.25, -0.2) is 4.39 Å². The minimum Gasteiger partial charge on any atom is -0.319 e. The standard InChI is InChI=1S/C14H22FN/c1-3-4-6-13(11-16-2)9-12-7-5-8-14(15)10-12/h5,7-8,10,13,16H,3-4,6,9,11H2,1-2H3. The molecule has 0 bridgehead atoms. The van der Waals surface area contributed by atoms with Gasteiger partial charge in [-0.05, 0) is 50.0 Å². The third-order valence-corrected chi connectivity index (χ3v) is 2.87. The van der Waals surface area contributed by atoms with Crippen LogP contribution in [0.25, 0.3) is 0 Å². The van der Waals surface area contributed by atoms with Gasteiger partial charge < -0.3 is 5.32 Å². The van der Waals surface area contributed by atoms with Gasteiger partial charge in [-0.1, -0.05) is 31.9 Å². The Balaban J connectivity index is 2.52. The predicted octanol–water partition coefficient (Wildman–Crippen LogP) is 3.39. The van der Waals surface area contributed by atoms with Crippen molar-refractivity contribution in [3.63, 3.8) is 0 Å². The molecule has 0 amide bonds. The van der Waals surface area contributed by atoms with Crippen LogP contribution in [0.15, 0.2) is 24.3 Å². The zero-order chi connectivity index (χ0) is 11.8. The number of halogens is 1. The molecule has 0 aromatic heterocycles. The van der Waals surface area contributed by atoms with Crippen molar-refractivity contribution in [2.45, 2.75) is 32.6 Å². The van der Waals surface area contributed by atoms with E-state index in [9.17, 15) is 4.39 Å². The number of hydrogen-bond donors (Lipinski definition) is 1. The maximum absolute atomic E-state index is 13.0. The molecule has 16 heavy (non-hydrogen) atoms. The lowest BCUT2D eigenvalue weighted by Gasteiger charge is -2.16. The summed E-state index contributed by atoms with van der Waals surface area (Å²) >= 11 is 0. The van der Waals surface area contributed by atoms with Crippen LogP contribution >= 0.6 is 0 Å². The first kappa shape index (κ1) is 13.2. The van der Waals surface area contributed by atoms with Crippen molar-refractivity contribution in [3.05, 3.63) is 35.6 Å². The monoisotopic (exact) mass is 223 g/mol. The van der Waals surface area contributed by atoms with Gasteiger partial charge in [0, 0.05) is 0 Å². The van der Waals surface area contributed by atoms with E-state index in [0.717, 1.165) is 18.5 Å². The van der Waals surface area contributed by atoms with Gasteiger partial charge in [-0.15, -0.1) is 0 Å². The van der Waals surface area contributed by atoms with Gasteiger partial charge in [0.2, 0.25) is 0 Å². The van der Waals surface area contributed by atoms with Crippen LogP contribution in [-0.4, -0.2) is 13.6 Å². The summed E-state index contributed by atoms with van der Waals surface area (Å²) in [6.07, 6.45) is 4.66. The molecular weight excluding hydrogens is 201 g/mol. The van der Waals surface area contributed by atoms with Crippen molar-refractivity contribution in [2.24, 2.45) is 5.92 Å². The van der Waals surface area contributed by atoms with E-state index in [4.69, 9.17) is 0 Å². The molecule has 0 radical (unpaired) electrons. The lowest BCUT2D eigenvalue weighted by molar-refractivity contribution is 0.443. The van der Waals surface area contributed by atoms with Crippen molar-refractivity contribution in [2.75, 3.05) is 13.6 Å². The zero-order valence-corrected chi connectivity index (χ0v) is 10.3. The van der Waals surface area contributed by atoms with Gasteiger partial charge in [0.15, 0.2) is 0 Å². The molecule has 2 heteroatoms. The van der Waals surface area contributed by atoms with Crippen LogP contribution in [0.4, 0.5) is 4.39 Å². The van der Waals surface area contributed by atoms with Gasteiger partial charge in [0.25, 0.3) is 0 Å². The molecule has 0 spiro atoms. The first-order valence-corrected chi connectivity index (χ1v) is 6.15. The van der Waals surface area contributed by atoms with Gasteiger partial charge in [-0.3, -0.25) is 0 Å². The summed E-state index contributed by atoms with van der Waals surface area (Å²) < 4.78 is 13.0. The summed E-state index contributed by atoms with van der Waals surface area (Å²) in [5.41, 5.74) is 1.11. The van der Waals surface area contributed by atoms with E-state index >= 15 is 0 Å². The van der Waals surface area contributed by atoms with Crippen molar-refractivity contribution in [3.8, 4) is 0 Å². The van der Waals surface area contributed by atoms with Crippen LogP contribution < -0.4 is 5.32 Å². The number of benzene rings is 1. The van der Waals surface area contributed by atoms with Crippen LogP contribution in [-0.2, 0) is 6.42 Å². The molecule has 1 aromatic carbocycles. The molecule has 1 aromatic rings. The lowest BCUT2D eigenvalue weighted by Crippen LogP contribution is -2.20. The second-order valence-electron chi connectivity index (χ2n) is 4.40. The largest absolute Gasteiger partial charge is 0.319 e. The first-order valence-electron chi connectivity index (χ1n) is 6.15. The molecule has 1 N–H and O–H groups in total. The molecule has 0 aliphatic rings. The Morgan fingerprint density at radius 2 is 2.19 bits per heavy atom. The van der Waals surface area contributed by atoms with E-state index in [0.29, 0.717) is 5.92 Å². The van der Waals surface area contributed by atoms with E-state index in [-0.39, 0.29) is 5.82 Å². The number of unbranched alkanes of at least 4 members (excludes halogenated alkanes) is 1. The highest BCUT2D eigenvalue weighted by atomic mass is 19.1. The second kappa shape index (κ2) is 7.39. The average molecular weight is 223 g/mol. The summed E-state index contributed by atoms with van der Waals surface area (Å²) in [4.78, 5) is 0. The Labute approximate surface area is 98.1 Å². The highest BCUT2D eigenvalue weighted by molar-refractivity contribution is 5.16. The van der Waals surface area contributed by atoms with Crippen LogP contribution in [0, 0.1) is 11.7 Å². The Morgan fingerprint density at radius 1 is 1.38 bits per heavy atom. The fourth-order valence-electron chi connectivity index (χ4n) is 2.06. The fraction of sp³-hybridized carbons (Fsp3) is 0.571. The Morgan fingerprint density at radius 3 is 2.81 bits per heavy atom. The minimum atomic E-state index is -0.129. The van der Waals surface area contributed by atoms with Crippen molar-refractivity contribution >= 4 is 0 Å². The predicted molar refractivity (Wildman–Crippen MR) is 67.0 cm³/mol. The average Bonchev–Trinajstić information content (AvgIpc) is 2.26. The molecule has 1 nitrogen and oxygen atoms in total. The second-order valence-corrected chi connectivity index (χ2v) is 4.40. The lowest BCUT2D eigenvalue weighted by atomic mass is 9.94. The molecule has 1 unspecified atom stereocenters. The van der Waals surface area contributed by atoms with Gasteiger partial charge in [0.1, 0.15) is 5.82 Å². The summed E-state index contributed by atoms with van der Waals surface area (Å²) in [6.45, 7) is 3.22. The zero-order valence-electron chi connectivity index (χ0n) is 10.3. The van der Waals surface area contributed by atoms with E-state index in [1.54, 1.807) is 12.1 Å². The molecular formula is C14H22FN. The fourth-order valence-corrected chi connectivity index (χ4v) is 2.06. The Hall–Kier alpha value is -0.890. The van der Waals surface area contributed by atoms with E-state index in [1.807, 2.05) is 13.1 Å². The molecule has 0 saturated heterocycles. The Bertz CT molecular complexity index is 299. The molecule has 0 aliphatic carbocycles. The highest BCUT2D eigenvalue weighted by Crippen LogP contribution is 2.15. The molecule has 0 aliphatic heterocycles. The van der Waals surface area contributed by atoms with Gasteiger partial charge in [0.05, 0.1) is 0 Å². The first-order chi connectivity index (χ1) is 7.76. The van der Waals surface area contributed by atoms with E-state index in [2.05, 4.69) is 12.2 Å². The van der Waals surface area contributed by atoms with Crippen LogP contribution in [0.3, 0.4) is 0 Å². The molecule has 0 fully saturated rings. The summed E-state index contributed by atoms with van der Waals surface area (Å²) in [7, 11) is 1.98. The third kappa shape index (κ3) is 4.75. The molecule has 1 atom stereocenters. The van der Waals surface area contributed by atoms with Crippen molar-refractivity contribution in [1.82, 2.24) is 5.32 Å². The van der Waals surface area contributed by atoms with Crippen molar-refractivity contribution in [1.29, 1.82) is 0 Å². The smallest absolute Gasteiger partial charge is 0.123 e. The minimum absolute atomic E-state index is 0.129. The summed E-state index contributed by atoms with van der Waals surface area (Å²) in [6, 6.07) is 6.95. The number of nitrogens with one attached hydrogen (secondary N) is 1. The Kier molecular flexibility index (Phi) is 6.09. The molecule has 0 saturated carbocycles. The molecule has 1 rings (SSSR count). The van der Waals surface area contributed by atoms with E-state index < -0.39 is 0 Å². The summed E-state index contributed by atoms with van der Waals surface area (Å²) in [5, 5.41) is 3.22. The maximum Gasteiger partial charge on any atom is 0.123 e. The third-order valence-electron chi connectivity index (χ3n) is 2.87. The van der Waals surface area contributed by atoms with Gasteiger partial charge >= 0.3 is 0 Å². The summed E-state index contributed by atoms with van der Waals surface area (Å²) in [5.74, 6) is 0.489. The van der Waals surface area contributed by atoms with Crippen LogP contribution in [0.1, 0.15) is 31.7 Å². The quantitative estimate of drug-likeness (QED) is 0.747. The number of hydrogen-bond acceptors (Lipinski definition) is 1. The molecule has 0 heterocycles. The van der Waals surface area contributed by atoms with Crippen molar-refractivity contribution < 1.29 is 4.39 Å².